The number of halogens is 1. The lowest BCUT2D eigenvalue weighted by molar-refractivity contribution is 0.167. The van der Waals surface area contributed by atoms with E-state index >= 15 is 0 Å². The molecule has 0 aliphatic carbocycles. The highest BCUT2D eigenvalue weighted by molar-refractivity contribution is 9.10. The van der Waals surface area contributed by atoms with Crippen LogP contribution in [0.25, 0.3) is 0 Å². The van der Waals surface area contributed by atoms with Crippen molar-refractivity contribution in [3.05, 3.63) is 28.2 Å². The standard InChI is InChI=1S/C12H12BrNO2/c13-11-2-1-10(6-14)12(5-11)16-8-9-3-4-15-7-9/h1-2,5,9H,3-4,7-8H2. The molecule has 1 heterocycles. The molecule has 1 aliphatic rings. The molecule has 0 radical (unpaired) electrons. The molecule has 1 aromatic carbocycles. The van der Waals surface area contributed by atoms with Gasteiger partial charge >= 0.3 is 0 Å². The van der Waals surface area contributed by atoms with E-state index < -0.39 is 0 Å². The number of ether oxygens (including phenoxy) is 2. The molecule has 3 nitrogen and oxygen atoms in total. The van der Waals surface area contributed by atoms with E-state index in [1.54, 1.807) is 6.07 Å². The zero-order valence-electron chi connectivity index (χ0n) is 8.78. The van der Waals surface area contributed by atoms with Crippen LogP contribution in [0.3, 0.4) is 0 Å². The predicted octanol–water partition coefficient (Wildman–Crippen LogP) is 2.74. The van der Waals surface area contributed by atoms with Crippen LogP contribution >= 0.6 is 15.9 Å². The maximum atomic E-state index is 8.93. The predicted molar refractivity (Wildman–Crippen MR) is 63.3 cm³/mol. The van der Waals surface area contributed by atoms with Crippen LogP contribution < -0.4 is 4.74 Å². The Kier molecular flexibility index (Phi) is 3.81. The first-order chi connectivity index (χ1) is 7.79. The molecule has 1 saturated heterocycles. The molecule has 2 rings (SSSR count). The second kappa shape index (κ2) is 5.33. The van der Waals surface area contributed by atoms with Gasteiger partial charge in [-0.25, -0.2) is 0 Å². The third-order valence-corrected chi connectivity index (χ3v) is 3.06. The molecular formula is C12H12BrNO2. The lowest BCUT2D eigenvalue weighted by Gasteiger charge is -2.11. The average molecular weight is 282 g/mol. The van der Waals surface area contributed by atoms with Gasteiger partial charge in [-0.3, -0.25) is 0 Å². The molecule has 1 atom stereocenters. The first kappa shape index (κ1) is 11.4. The number of benzene rings is 1. The van der Waals surface area contributed by atoms with Gasteiger partial charge in [-0.1, -0.05) is 15.9 Å². The molecule has 0 bridgehead atoms. The molecule has 16 heavy (non-hydrogen) atoms. The zero-order valence-corrected chi connectivity index (χ0v) is 10.4. The molecule has 1 fully saturated rings. The Morgan fingerprint density at radius 2 is 2.44 bits per heavy atom. The van der Waals surface area contributed by atoms with Crippen molar-refractivity contribution in [2.75, 3.05) is 19.8 Å². The molecule has 1 aliphatic heterocycles. The molecule has 4 heteroatoms. The number of hydrogen-bond donors (Lipinski definition) is 0. The van der Waals surface area contributed by atoms with Gasteiger partial charge in [0.1, 0.15) is 11.8 Å². The highest BCUT2D eigenvalue weighted by Crippen LogP contribution is 2.24. The maximum Gasteiger partial charge on any atom is 0.138 e. The normalized spacial score (nSPS) is 19.4. The summed E-state index contributed by atoms with van der Waals surface area (Å²) in [5.74, 6) is 1.09. The summed E-state index contributed by atoms with van der Waals surface area (Å²) in [5.41, 5.74) is 0.571. The van der Waals surface area contributed by atoms with Crippen LogP contribution in [0, 0.1) is 17.2 Å². The van der Waals surface area contributed by atoms with E-state index in [9.17, 15) is 0 Å². The Morgan fingerprint density at radius 3 is 3.12 bits per heavy atom. The Balaban J connectivity index is 2.02. The molecule has 0 spiro atoms. The van der Waals surface area contributed by atoms with E-state index in [2.05, 4.69) is 22.0 Å². The molecule has 1 unspecified atom stereocenters. The van der Waals surface area contributed by atoms with E-state index in [-0.39, 0.29) is 0 Å². The van der Waals surface area contributed by atoms with Crippen LogP contribution in [0.2, 0.25) is 0 Å². The topological polar surface area (TPSA) is 42.2 Å². The minimum absolute atomic E-state index is 0.450. The van der Waals surface area contributed by atoms with E-state index in [1.807, 2.05) is 12.1 Å². The second-order valence-electron chi connectivity index (χ2n) is 3.79. The van der Waals surface area contributed by atoms with Crippen LogP contribution in [0.15, 0.2) is 22.7 Å². The van der Waals surface area contributed by atoms with Crippen molar-refractivity contribution in [2.24, 2.45) is 5.92 Å². The molecule has 0 N–H and O–H groups in total. The Hall–Kier alpha value is -1.05. The highest BCUT2D eigenvalue weighted by atomic mass is 79.9. The summed E-state index contributed by atoms with van der Waals surface area (Å²) in [6.07, 6.45) is 1.04. The van der Waals surface area contributed by atoms with E-state index in [1.165, 1.54) is 0 Å². The monoisotopic (exact) mass is 281 g/mol. The van der Waals surface area contributed by atoms with Gasteiger partial charge in [-0.05, 0) is 24.6 Å². The summed E-state index contributed by atoms with van der Waals surface area (Å²) in [6.45, 7) is 2.19. The van der Waals surface area contributed by atoms with Crippen LogP contribution in [0.5, 0.6) is 5.75 Å². The number of rotatable bonds is 3. The number of nitriles is 1. The quantitative estimate of drug-likeness (QED) is 0.856. The molecular weight excluding hydrogens is 270 g/mol. The van der Waals surface area contributed by atoms with Crippen molar-refractivity contribution in [1.82, 2.24) is 0 Å². The van der Waals surface area contributed by atoms with Gasteiger partial charge in [0.05, 0.1) is 18.8 Å². The summed E-state index contributed by atoms with van der Waals surface area (Å²) >= 11 is 3.36. The fourth-order valence-corrected chi connectivity index (χ4v) is 1.97. The summed E-state index contributed by atoms with van der Waals surface area (Å²) in [7, 11) is 0. The minimum atomic E-state index is 0.450. The fraction of sp³-hybridized carbons (Fsp3) is 0.417. The van der Waals surface area contributed by atoms with Gasteiger partial charge in [0.2, 0.25) is 0 Å². The Labute approximate surface area is 103 Å². The SMILES string of the molecule is N#Cc1ccc(Br)cc1OCC1CCOC1. The second-order valence-corrected chi connectivity index (χ2v) is 4.71. The lowest BCUT2D eigenvalue weighted by Crippen LogP contribution is -2.12. The van der Waals surface area contributed by atoms with Gasteiger partial charge in [0.15, 0.2) is 0 Å². The Morgan fingerprint density at radius 1 is 1.56 bits per heavy atom. The van der Waals surface area contributed by atoms with Crippen molar-refractivity contribution in [3.8, 4) is 11.8 Å². The van der Waals surface area contributed by atoms with Crippen LogP contribution in [0.4, 0.5) is 0 Å². The van der Waals surface area contributed by atoms with Crippen molar-refractivity contribution in [3.63, 3.8) is 0 Å². The molecule has 0 amide bonds. The molecule has 1 aromatic rings. The minimum Gasteiger partial charge on any atom is -0.492 e. The van der Waals surface area contributed by atoms with Crippen LogP contribution in [-0.2, 0) is 4.74 Å². The van der Waals surface area contributed by atoms with E-state index in [0.717, 1.165) is 24.1 Å². The van der Waals surface area contributed by atoms with Gasteiger partial charge in [0.25, 0.3) is 0 Å². The van der Waals surface area contributed by atoms with Gasteiger partial charge in [-0.2, -0.15) is 5.26 Å². The summed E-state index contributed by atoms with van der Waals surface area (Å²) in [4.78, 5) is 0. The lowest BCUT2D eigenvalue weighted by atomic mass is 10.1. The van der Waals surface area contributed by atoms with Gasteiger partial charge in [0, 0.05) is 17.0 Å². The number of hydrogen-bond acceptors (Lipinski definition) is 3. The third kappa shape index (κ3) is 2.75. The smallest absolute Gasteiger partial charge is 0.138 e. The van der Waals surface area contributed by atoms with E-state index in [4.69, 9.17) is 14.7 Å². The van der Waals surface area contributed by atoms with Crippen molar-refractivity contribution < 1.29 is 9.47 Å². The molecule has 84 valence electrons. The van der Waals surface area contributed by atoms with E-state index in [0.29, 0.717) is 23.8 Å². The van der Waals surface area contributed by atoms with Crippen molar-refractivity contribution >= 4 is 15.9 Å². The zero-order chi connectivity index (χ0) is 11.4. The summed E-state index contributed by atoms with van der Waals surface area (Å²) in [5, 5.41) is 8.93. The molecule has 0 saturated carbocycles. The maximum absolute atomic E-state index is 8.93. The Bertz CT molecular complexity index is 408. The first-order valence-corrected chi connectivity index (χ1v) is 5.99. The van der Waals surface area contributed by atoms with Crippen LogP contribution in [-0.4, -0.2) is 19.8 Å². The average Bonchev–Trinajstić information content (AvgIpc) is 2.79. The van der Waals surface area contributed by atoms with Gasteiger partial charge < -0.3 is 9.47 Å². The summed E-state index contributed by atoms with van der Waals surface area (Å²) in [6, 6.07) is 7.54. The van der Waals surface area contributed by atoms with Crippen LogP contribution in [0.1, 0.15) is 12.0 Å². The number of nitrogens with zero attached hydrogens (tertiary/aromatic N) is 1. The fourth-order valence-electron chi connectivity index (χ4n) is 1.63. The highest BCUT2D eigenvalue weighted by Gasteiger charge is 2.16. The first-order valence-electron chi connectivity index (χ1n) is 5.20. The third-order valence-electron chi connectivity index (χ3n) is 2.56. The van der Waals surface area contributed by atoms with Gasteiger partial charge in [-0.15, -0.1) is 0 Å². The van der Waals surface area contributed by atoms with Crippen molar-refractivity contribution in [1.29, 1.82) is 5.26 Å². The van der Waals surface area contributed by atoms with Crippen molar-refractivity contribution in [2.45, 2.75) is 6.42 Å². The summed E-state index contributed by atoms with van der Waals surface area (Å²) < 4.78 is 11.9. The molecule has 0 aromatic heterocycles. The largest absolute Gasteiger partial charge is 0.492 e.